The molecule has 0 amide bonds. The van der Waals surface area contributed by atoms with E-state index >= 15 is 0 Å². The molecule has 12 rings (SSSR count). The first-order chi connectivity index (χ1) is 30.7. The minimum Gasteiger partial charge on any atom is -0.247 e. The van der Waals surface area contributed by atoms with Gasteiger partial charge in [0.15, 0.2) is 5.82 Å². The minimum atomic E-state index is 0.711. The third-order valence-electron chi connectivity index (χ3n) is 12.2. The molecule has 0 saturated heterocycles. The fourth-order valence-electron chi connectivity index (χ4n) is 9.19. The van der Waals surface area contributed by atoms with Gasteiger partial charge in [0, 0.05) is 38.2 Å². The van der Waals surface area contributed by atoms with Crippen LogP contribution >= 0.6 is 0 Å². The largest absolute Gasteiger partial charge is 0.247 e. The smallest absolute Gasteiger partial charge is 0.160 e. The highest BCUT2D eigenvalue weighted by atomic mass is 14.9. The summed E-state index contributed by atoms with van der Waals surface area (Å²) in [5, 5.41) is 9.42. The zero-order valence-corrected chi connectivity index (χ0v) is 33.7. The Labute approximate surface area is 359 Å². The van der Waals surface area contributed by atoms with Crippen LogP contribution in [0.3, 0.4) is 0 Å². The molecule has 0 bridgehead atoms. The molecule has 0 atom stereocenters. The van der Waals surface area contributed by atoms with E-state index in [4.69, 9.17) is 15.0 Å². The fraction of sp³-hybridized carbons (Fsp3) is 0. The Bertz CT molecular complexity index is 3690. The summed E-state index contributed by atoms with van der Waals surface area (Å²) in [5.74, 6) is 0.711. The molecular weight excluding hydrogens is 751 g/mol. The van der Waals surface area contributed by atoms with Crippen LogP contribution in [0.1, 0.15) is 0 Å². The van der Waals surface area contributed by atoms with Crippen molar-refractivity contribution in [2.24, 2.45) is 0 Å². The van der Waals surface area contributed by atoms with Gasteiger partial charge in [0.1, 0.15) is 0 Å². The summed E-state index contributed by atoms with van der Waals surface area (Å²) >= 11 is 0. The van der Waals surface area contributed by atoms with E-state index in [1.165, 1.54) is 38.1 Å². The molecule has 0 aliphatic carbocycles. The number of pyridine rings is 1. The molecule has 288 valence electrons. The van der Waals surface area contributed by atoms with Crippen LogP contribution in [0.4, 0.5) is 0 Å². The van der Waals surface area contributed by atoms with Crippen LogP contribution in [0.15, 0.2) is 224 Å². The Morgan fingerprint density at radius 3 is 1.56 bits per heavy atom. The monoisotopic (exact) mass is 787 g/mol. The lowest BCUT2D eigenvalue weighted by Gasteiger charge is -2.17. The molecule has 0 aliphatic heterocycles. The van der Waals surface area contributed by atoms with Crippen molar-refractivity contribution in [1.82, 2.24) is 15.0 Å². The van der Waals surface area contributed by atoms with Crippen LogP contribution in [-0.2, 0) is 0 Å². The average Bonchev–Trinajstić information content (AvgIpc) is 3.35. The molecule has 3 heteroatoms. The maximum atomic E-state index is 5.37. The van der Waals surface area contributed by atoms with E-state index in [-0.39, 0.29) is 0 Å². The molecule has 3 nitrogen and oxygen atoms in total. The van der Waals surface area contributed by atoms with Gasteiger partial charge in [-0.05, 0) is 91.3 Å². The lowest BCUT2D eigenvalue weighted by molar-refractivity contribution is 1.23. The van der Waals surface area contributed by atoms with Crippen molar-refractivity contribution in [2.45, 2.75) is 0 Å². The average molecular weight is 788 g/mol. The predicted molar refractivity (Wildman–Crippen MR) is 260 cm³/mol. The summed E-state index contributed by atoms with van der Waals surface area (Å²) < 4.78 is 0. The van der Waals surface area contributed by atoms with Gasteiger partial charge in [0.25, 0.3) is 0 Å². The van der Waals surface area contributed by atoms with Gasteiger partial charge in [0.05, 0.1) is 22.4 Å². The van der Waals surface area contributed by atoms with Crippen molar-refractivity contribution in [3.63, 3.8) is 0 Å². The maximum absolute atomic E-state index is 5.37. The highest BCUT2D eigenvalue weighted by Gasteiger charge is 2.18. The van der Waals surface area contributed by atoms with Gasteiger partial charge in [-0.15, -0.1) is 0 Å². The van der Waals surface area contributed by atoms with Gasteiger partial charge in [-0.2, -0.15) is 0 Å². The highest BCUT2D eigenvalue weighted by Crippen LogP contribution is 2.43. The molecule has 0 spiro atoms. The van der Waals surface area contributed by atoms with E-state index in [1.54, 1.807) is 0 Å². The van der Waals surface area contributed by atoms with E-state index in [0.29, 0.717) is 5.82 Å². The fourth-order valence-corrected chi connectivity index (χ4v) is 9.19. The molecule has 0 radical (unpaired) electrons. The third-order valence-corrected chi connectivity index (χ3v) is 12.2. The van der Waals surface area contributed by atoms with Crippen molar-refractivity contribution >= 4 is 54.1 Å². The molecule has 0 unspecified atom stereocenters. The molecule has 10 aromatic carbocycles. The van der Waals surface area contributed by atoms with Crippen LogP contribution in [0, 0.1) is 0 Å². The van der Waals surface area contributed by atoms with Crippen molar-refractivity contribution in [3.8, 4) is 67.3 Å². The van der Waals surface area contributed by atoms with E-state index < -0.39 is 0 Å². The molecule has 2 heterocycles. The summed E-state index contributed by atoms with van der Waals surface area (Å²) in [6, 6.07) is 80.0. The van der Waals surface area contributed by atoms with E-state index in [1.807, 2.05) is 12.1 Å². The number of aromatic nitrogens is 3. The molecule has 62 heavy (non-hydrogen) atoms. The Kier molecular flexibility index (Phi) is 8.50. The predicted octanol–water partition coefficient (Wildman–Crippen LogP) is 15.6. The standard InChI is InChI=1S/C59H37N3/c1-2-14-38(15-3-1)44-19-13-21-47(36-44)59-61-55-27-11-9-25-51(55)57(62-59)41-31-28-40(29-32-41)43-18-12-20-45(34-43)52-37-53-56(49-23-7-6-22-48(49)52)50-24-8-10-26-54(50)60-58(53)46-33-30-39-16-4-5-17-42(39)35-46/h1-37H. The molecule has 0 aliphatic rings. The minimum absolute atomic E-state index is 0.711. The number of benzene rings is 10. The molecule has 12 aromatic rings. The number of fused-ring (bicyclic) bond motifs is 7. The van der Waals surface area contributed by atoms with Crippen LogP contribution in [0.2, 0.25) is 0 Å². The SMILES string of the molecule is c1ccc(-c2cccc(-c3nc(-c4ccc(-c5cccc(-c6cc7c(-c8ccc9ccccc9c8)nc8ccccc8c7c7ccccc67)c5)cc4)c4ccccc4n3)c2)cc1. The summed E-state index contributed by atoms with van der Waals surface area (Å²) in [5.41, 5.74) is 13.9. The number of hydrogen-bond donors (Lipinski definition) is 0. The molecule has 0 N–H and O–H groups in total. The first-order valence-electron chi connectivity index (χ1n) is 21.1. The van der Waals surface area contributed by atoms with Gasteiger partial charge >= 0.3 is 0 Å². The lowest BCUT2D eigenvalue weighted by Crippen LogP contribution is -1.95. The number of para-hydroxylation sites is 2. The Hall–Kier alpha value is -8.27. The number of rotatable bonds is 6. The van der Waals surface area contributed by atoms with E-state index in [0.717, 1.165) is 77.5 Å². The summed E-state index contributed by atoms with van der Waals surface area (Å²) in [7, 11) is 0. The third kappa shape index (κ3) is 6.18. The number of nitrogens with zero attached hydrogens (tertiary/aromatic N) is 3. The van der Waals surface area contributed by atoms with Gasteiger partial charge in [-0.3, -0.25) is 0 Å². The van der Waals surface area contributed by atoms with Gasteiger partial charge in [-0.1, -0.05) is 188 Å². The van der Waals surface area contributed by atoms with Crippen LogP contribution in [-0.4, -0.2) is 15.0 Å². The summed E-state index contributed by atoms with van der Waals surface area (Å²) in [6.45, 7) is 0. The normalized spacial score (nSPS) is 11.5. The van der Waals surface area contributed by atoms with Crippen LogP contribution in [0.25, 0.3) is 121 Å². The molecule has 2 aromatic heterocycles. The summed E-state index contributed by atoms with van der Waals surface area (Å²) in [4.78, 5) is 15.6. The molecular formula is C59H37N3. The second kappa shape index (κ2) is 14.8. The highest BCUT2D eigenvalue weighted by molar-refractivity contribution is 6.25. The first-order valence-corrected chi connectivity index (χ1v) is 21.1. The van der Waals surface area contributed by atoms with Crippen molar-refractivity contribution in [2.75, 3.05) is 0 Å². The van der Waals surface area contributed by atoms with Gasteiger partial charge < -0.3 is 0 Å². The van der Waals surface area contributed by atoms with Crippen molar-refractivity contribution < 1.29 is 0 Å². The van der Waals surface area contributed by atoms with Crippen LogP contribution in [0.5, 0.6) is 0 Å². The lowest BCUT2D eigenvalue weighted by atomic mass is 9.89. The zero-order chi connectivity index (χ0) is 41.0. The second-order valence-electron chi connectivity index (χ2n) is 15.9. The maximum Gasteiger partial charge on any atom is 0.160 e. The van der Waals surface area contributed by atoms with E-state index in [9.17, 15) is 0 Å². The molecule has 0 saturated carbocycles. The number of hydrogen-bond acceptors (Lipinski definition) is 3. The topological polar surface area (TPSA) is 38.7 Å². The second-order valence-corrected chi connectivity index (χ2v) is 15.9. The van der Waals surface area contributed by atoms with Crippen LogP contribution < -0.4 is 0 Å². The first kappa shape index (κ1) is 35.7. The Morgan fingerprint density at radius 2 is 0.774 bits per heavy atom. The Balaban J connectivity index is 0.966. The van der Waals surface area contributed by atoms with Gasteiger partial charge in [0.2, 0.25) is 0 Å². The molecule has 0 fully saturated rings. The summed E-state index contributed by atoms with van der Waals surface area (Å²) in [6.07, 6.45) is 0. The van der Waals surface area contributed by atoms with Crippen molar-refractivity contribution in [3.05, 3.63) is 224 Å². The van der Waals surface area contributed by atoms with Gasteiger partial charge in [-0.25, -0.2) is 15.0 Å². The van der Waals surface area contributed by atoms with Crippen molar-refractivity contribution in [1.29, 1.82) is 0 Å². The quantitative estimate of drug-likeness (QED) is 0.158. The Morgan fingerprint density at radius 1 is 0.242 bits per heavy atom. The zero-order valence-electron chi connectivity index (χ0n) is 33.7. The van der Waals surface area contributed by atoms with E-state index in [2.05, 4.69) is 212 Å².